The van der Waals surface area contributed by atoms with Gasteiger partial charge in [-0.1, -0.05) is 19.4 Å². The quantitative estimate of drug-likeness (QED) is 0.506. The molecule has 8 heteroatoms. The number of hydrogen-bond donors (Lipinski definition) is 2. The third kappa shape index (κ3) is 8.14. The number of piperidine rings is 1. The van der Waals surface area contributed by atoms with Gasteiger partial charge in [-0.25, -0.2) is 12.8 Å². The molecule has 28 heavy (non-hydrogen) atoms. The summed E-state index contributed by atoms with van der Waals surface area (Å²) in [7, 11) is -1.50. The van der Waals surface area contributed by atoms with Gasteiger partial charge in [-0.2, -0.15) is 0 Å². The van der Waals surface area contributed by atoms with Gasteiger partial charge in [0, 0.05) is 32.9 Å². The average Bonchev–Trinajstić information content (AvgIpc) is 2.63. The Morgan fingerprint density at radius 2 is 1.93 bits per heavy atom. The van der Waals surface area contributed by atoms with Crippen LogP contribution in [0.1, 0.15) is 37.3 Å². The molecule has 0 radical (unpaired) electrons. The Labute approximate surface area is 168 Å². The van der Waals surface area contributed by atoms with Crippen LogP contribution in [0.2, 0.25) is 0 Å². The third-order valence-corrected chi connectivity index (χ3v) is 5.73. The number of nitrogens with zero attached hydrogens (tertiary/aromatic N) is 2. The topological polar surface area (TPSA) is 73.8 Å². The van der Waals surface area contributed by atoms with Gasteiger partial charge in [0.15, 0.2) is 15.8 Å². The number of sulfone groups is 1. The van der Waals surface area contributed by atoms with Crippen molar-refractivity contribution < 1.29 is 12.8 Å². The van der Waals surface area contributed by atoms with E-state index in [1.807, 2.05) is 0 Å². The summed E-state index contributed by atoms with van der Waals surface area (Å²) in [6, 6.07) is 4.20. The summed E-state index contributed by atoms with van der Waals surface area (Å²) in [6.45, 7) is 6.73. The predicted octanol–water partition coefficient (Wildman–Crippen LogP) is 2.16. The Balaban J connectivity index is 1.87. The first-order valence-electron chi connectivity index (χ1n) is 9.88. The van der Waals surface area contributed by atoms with Crippen LogP contribution < -0.4 is 10.6 Å². The molecule has 1 aromatic rings. The summed E-state index contributed by atoms with van der Waals surface area (Å²) in [4.78, 5) is 6.73. The highest BCUT2D eigenvalue weighted by Crippen LogP contribution is 2.14. The minimum Gasteiger partial charge on any atom is -0.356 e. The number of aliphatic imine (C=N–C) groups is 1. The molecule has 1 aliphatic rings. The van der Waals surface area contributed by atoms with E-state index in [1.54, 1.807) is 7.05 Å². The van der Waals surface area contributed by atoms with Gasteiger partial charge in [-0.3, -0.25) is 4.99 Å². The zero-order valence-electron chi connectivity index (χ0n) is 17.2. The highest BCUT2D eigenvalue weighted by Gasteiger charge is 2.14. The molecule has 1 fully saturated rings. The van der Waals surface area contributed by atoms with Crippen molar-refractivity contribution in [2.24, 2.45) is 10.9 Å². The summed E-state index contributed by atoms with van der Waals surface area (Å²) in [6.07, 6.45) is 5.08. The molecule has 6 nitrogen and oxygen atoms in total. The lowest BCUT2D eigenvalue weighted by atomic mass is 10.1. The number of benzene rings is 1. The van der Waals surface area contributed by atoms with Gasteiger partial charge in [0.2, 0.25) is 0 Å². The fourth-order valence-corrected chi connectivity index (χ4v) is 4.35. The largest absolute Gasteiger partial charge is 0.356 e. The lowest BCUT2D eigenvalue weighted by Crippen LogP contribution is -2.42. The molecular formula is C20H33FN4O2S. The monoisotopic (exact) mass is 412 g/mol. The molecule has 1 heterocycles. The van der Waals surface area contributed by atoms with Gasteiger partial charge in [0.1, 0.15) is 5.82 Å². The summed E-state index contributed by atoms with van der Waals surface area (Å²) in [5, 5.41) is 6.47. The highest BCUT2D eigenvalue weighted by molar-refractivity contribution is 7.89. The average molecular weight is 413 g/mol. The molecule has 0 spiro atoms. The van der Waals surface area contributed by atoms with Crippen molar-refractivity contribution >= 4 is 15.8 Å². The fourth-order valence-electron chi connectivity index (χ4n) is 3.50. The Hall–Kier alpha value is -1.67. The van der Waals surface area contributed by atoms with E-state index in [9.17, 15) is 12.8 Å². The van der Waals surface area contributed by atoms with Crippen LogP contribution in [0.4, 0.5) is 4.39 Å². The number of hydrogen-bond acceptors (Lipinski definition) is 4. The van der Waals surface area contributed by atoms with Gasteiger partial charge >= 0.3 is 0 Å². The Morgan fingerprint density at radius 1 is 1.21 bits per heavy atom. The van der Waals surface area contributed by atoms with Crippen molar-refractivity contribution in [1.29, 1.82) is 0 Å². The maximum absolute atomic E-state index is 13.6. The molecule has 1 saturated heterocycles. The van der Waals surface area contributed by atoms with Crippen LogP contribution >= 0.6 is 0 Å². The first kappa shape index (κ1) is 22.6. The van der Waals surface area contributed by atoms with Gasteiger partial charge in [-0.05, 0) is 55.1 Å². The van der Waals surface area contributed by atoms with Crippen LogP contribution in [0, 0.1) is 11.7 Å². The van der Waals surface area contributed by atoms with Gasteiger partial charge < -0.3 is 15.5 Å². The second-order valence-electron chi connectivity index (χ2n) is 7.76. The molecule has 1 unspecified atom stereocenters. The molecule has 0 bridgehead atoms. The van der Waals surface area contributed by atoms with Gasteiger partial charge in [-0.15, -0.1) is 0 Å². The number of likely N-dealkylation sites (tertiary alicyclic amines) is 1. The summed E-state index contributed by atoms with van der Waals surface area (Å²) in [5.74, 6) is 0.613. The molecule has 0 amide bonds. The zero-order valence-corrected chi connectivity index (χ0v) is 18.0. The first-order chi connectivity index (χ1) is 13.3. The van der Waals surface area contributed by atoms with Crippen molar-refractivity contribution in [3.8, 4) is 0 Å². The molecule has 0 aliphatic carbocycles. The van der Waals surface area contributed by atoms with Gasteiger partial charge in [0.05, 0.1) is 5.75 Å². The lowest BCUT2D eigenvalue weighted by Gasteiger charge is -2.29. The van der Waals surface area contributed by atoms with E-state index >= 15 is 0 Å². The zero-order chi connectivity index (χ0) is 20.6. The summed E-state index contributed by atoms with van der Waals surface area (Å²) >= 11 is 0. The maximum Gasteiger partial charge on any atom is 0.191 e. The van der Waals surface area contributed by atoms with Crippen LogP contribution in [0.25, 0.3) is 0 Å². The van der Waals surface area contributed by atoms with E-state index in [2.05, 4.69) is 27.4 Å². The van der Waals surface area contributed by atoms with Crippen molar-refractivity contribution in [2.45, 2.75) is 38.5 Å². The van der Waals surface area contributed by atoms with E-state index in [0.717, 1.165) is 13.1 Å². The van der Waals surface area contributed by atoms with Crippen molar-refractivity contribution in [3.05, 3.63) is 35.1 Å². The normalized spacial score (nSPS) is 17.4. The number of halogens is 1. The second-order valence-corrected chi connectivity index (χ2v) is 9.90. The van der Waals surface area contributed by atoms with E-state index in [1.165, 1.54) is 56.8 Å². The van der Waals surface area contributed by atoms with Crippen molar-refractivity contribution in [3.63, 3.8) is 0 Å². The van der Waals surface area contributed by atoms with E-state index < -0.39 is 9.84 Å². The lowest BCUT2D eigenvalue weighted by molar-refractivity contribution is 0.201. The fraction of sp³-hybridized carbons (Fsp3) is 0.650. The van der Waals surface area contributed by atoms with Crippen LogP contribution in [0.5, 0.6) is 0 Å². The maximum atomic E-state index is 13.6. The Kier molecular flexibility index (Phi) is 8.69. The Bertz CT molecular complexity index is 761. The summed E-state index contributed by atoms with van der Waals surface area (Å²) < 4.78 is 36.9. The molecule has 1 aromatic carbocycles. The number of nitrogens with one attached hydrogen (secondary N) is 2. The minimum absolute atomic E-state index is 0.108. The molecule has 1 aliphatic heterocycles. The molecule has 1 atom stereocenters. The van der Waals surface area contributed by atoms with Crippen LogP contribution in [0.3, 0.4) is 0 Å². The van der Waals surface area contributed by atoms with E-state index in [4.69, 9.17) is 0 Å². The molecular weight excluding hydrogens is 379 g/mol. The minimum atomic E-state index is -3.19. The third-order valence-electron chi connectivity index (χ3n) is 4.89. The highest BCUT2D eigenvalue weighted by atomic mass is 32.2. The number of rotatable bonds is 8. The molecule has 2 N–H and O–H groups in total. The van der Waals surface area contributed by atoms with Crippen LogP contribution in [-0.2, 0) is 22.1 Å². The SMILES string of the molecule is CN=C(NCc1cc(F)ccc1CS(C)(=O)=O)NCC(C)CN1CCCCC1. The van der Waals surface area contributed by atoms with Crippen LogP contribution in [0.15, 0.2) is 23.2 Å². The van der Waals surface area contributed by atoms with E-state index in [0.29, 0.717) is 29.5 Å². The molecule has 0 aromatic heterocycles. The molecule has 2 rings (SSSR count). The smallest absolute Gasteiger partial charge is 0.191 e. The molecule has 158 valence electrons. The van der Waals surface area contributed by atoms with Crippen molar-refractivity contribution in [2.75, 3.05) is 39.5 Å². The van der Waals surface area contributed by atoms with E-state index in [-0.39, 0.29) is 11.6 Å². The summed E-state index contributed by atoms with van der Waals surface area (Å²) in [5.41, 5.74) is 1.22. The van der Waals surface area contributed by atoms with Crippen LogP contribution in [-0.4, -0.2) is 58.8 Å². The first-order valence-corrected chi connectivity index (χ1v) is 11.9. The Morgan fingerprint density at radius 3 is 2.57 bits per heavy atom. The predicted molar refractivity (Wildman–Crippen MR) is 113 cm³/mol. The second kappa shape index (κ2) is 10.8. The molecule has 0 saturated carbocycles. The van der Waals surface area contributed by atoms with Crippen molar-refractivity contribution in [1.82, 2.24) is 15.5 Å². The van der Waals surface area contributed by atoms with Gasteiger partial charge in [0.25, 0.3) is 0 Å². The standard InChI is InChI=1S/C20H33FN4O2S/c1-16(14-25-9-5-4-6-10-25)12-23-20(22-2)24-13-18-11-19(21)8-7-17(18)15-28(3,26)27/h7-8,11,16H,4-6,9-10,12-15H2,1-3H3,(H2,22,23,24). The number of guanidine groups is 1.